The fourth-order valence-electron chi connectivity index (χ4n) is 0.421. The Morgan fingerprint density at radius 1 is 1.12 bits per heavy atom. The summed E-state index contributed by atoms with van der Waals surface area (Å²) in [5.41, 5.74) is 0. The van der Waals surface area contributed by atoms with Gasteiger partial charge in [-0.1, -0.05) is 0 Å². The Morgan fingerprint density at radius 2 is 1.47 bits per heavy atom. The number of carbonyl (C=O) groups is 1. The standard InChI is InChI=1S/C5H10NO2.C4H10NO.CH3.2Y/c1-5(7)8-4-6(2)3;1-5(2)4-6-3;;;/h2,4H2,1,3H3;1,4H2,2-3H3;1H3;;/q3*-1;;. The van der Waals surface area contributed by atoms with Crippen LogP contribution in [0.25, 0.3) is 0 Å². The summed E-state index contributed by atoms with van der Waals surface area (Å²) in [5.74, 6) is -0.277. The second kappa shape index (κ2) is 22.7. The molecule has 0 spiro atoms. The zero-order valence-electron chi connectivity index (χ0n) is 11.6. The molecule has 0 saturated carbocycles. The van der Waals surface area contributed by atoms with Crippen molar-refractivity contribution in [2.45, 2.75) is 6.92 Å². The number of nitrogens with zero attached hydrogens (tertiary/aromatic N) is 2. The number of carbonyl (C=O) groups excluding carboxylic acids is 1. The van der Waals surface area contributed by atoms with Gasteiger partial charge in [0.2, 0.25) is 0 Å². The Labute approximate surface area is 157 Å². The second-order valence-electron chi connectivity index (χ2n) is 2.89. The molecule has 2 radical (unpaired) electrons. The maximum Gasteiger partial charge on any atom is 0.303 e. The minimum atomic E-state index is -0.277. The summed E-state index contributed by atoms with van der Waals surface area (Å²) in [6.07, 6.45) is 0. The van der Waals surface area contributed by atoms with Crippen LogP contribution in [0.2, 0.25) is 0 Å². The molecule has 0 saturated heterocycles. The average molecular weight is 397 g/mol. The van der Waals surface area contributed by atoms with Crippen molar-refractivity contribution in [3.63, 3.8) is 0 Å². The van der Waals surface area contributed by atoms with E-state index in [0.29, 0.717) is 6.73 Å². The van der Waals surface area contributed by atoms with Crippen LogP contribution in [0.4, 0.5) is 0 Å². The van der Waals surface area contributed by atoms with Gasteiger partial charge in [-0.25, -0.2) is 0 Å². The number of hydrogen-bond donors (Lipinski definition) is 0. The molecule has 7 heteroatoms. The molecule has 0 aromatic rings. The monoisotopic (exact) mass is 397 g/mol. The van der Waals surface area contributed by atoms with Gasteiger partial charge in [-0.3, -0.25) is 18.9 Å². The minimum Gasteiger partial charge on any atom is -0.452 e. The third-order valence-electron chi connectivity index (χ3n) is 0.838. The Kier molecular flexibility index (Phi) is 41.6. The van der Waals surface area contributed by atoms with E-state index in [0.717, 1.165) is 0 Å². The molecule has 0 bridgehead atoms. The maximum atomic E-state index is 10.1. The van der Waals surface area contributed by atoms with E-state index in [4.69, 9.17) is 0 Å². The van der Waals surface area contributed by atoms with Gasteiger partial charge in [0.25, 0.3) is 0 Å². The van der Waals surface area contributed by atoms with Gasteiger partial charge in [0, 0.05) is 79.5 Å². The first kappa shape index (κ1) is 31.1. The van der Waals surface area contributed by atoms with Crippen molar-refractivity contribution in [3.8, 4) is 0 Å². The molecule has 0 aromatic carbocycles. The number of esters is 1. The van der Waals surface area contributed by atoms with Crippen molar-refractivity contribution < 1.29 is 79.7 Å². The third kappa shape index (κ3) is 46.5. The molecule has 17 heavy (non-hydrogen) atoms. The van der Waals surface area contributed by atoms with Gasteiger partial charge in [0.05, 0.1) is 6.73 Å². The van der Waals surface area contributed by atoms with Crippen molar-refractivity contribution >= 4 is 5.97 Å². The van der Waals surface area contributed by atoms with E-state index < -0.39 is 0 Å². The first-order chi connectivity index (χ1) is 6.40. The zero-order valence-corrected chi connectivity index (χ0v) is 17.3. The van der Waals surface area contributed by atoms with E-state index in [1.165, 1.54) is 11.8 Å². The molecular weight excluding hydrogens is 374 g/mol. The second-order valence-corrected chi connectivity index (χ2v) is 2.89. The van der Waals surface area contributed by atoms with Gasteiger partial charge >= 0.3 is 5.97 Å². The minimum absolute atomic E-state index is 0. The first-order valence-electron chi connectivity index (χ1n) is 4.05. The summed E-state index contributed by atoms with van der Waals surface area (Å²) in [6.45, 7) is 2.22. The molecule has 0 aliphatic rings. The summed E-state index contributed by atoms with van der Waals surface area (Å²) in [7, 11) is 12.2. The molecule has 0 atom stereocenters. The molecule has 0 aromatic heterocycles. The molecule has 5 nitrogen and oxygen atoms in total. The third-order valence-corrected chi connectivity index (χ3v) is 0.838. The van der Waals surface area contributed by atoms with E-state index in [-0.39, 0.29) is 85.5 Å². The molecule has 0 aliphatic heterocycles. The van der Waals surface area contributed by atoms with Crippen LogP contribution in [0.3, 0.4) is 0 Å². The van der Waals surface area contributed by atoms with Crippen molar-refractivity contribution in [1.82, 2.24) is 9.80 Å². The predicted octanol–water partition coefficient (Wildman–Crippen LogP) is 0.989. The molecule has 0 rings (SSSR count). The van der Waals surface area contributed by atoms with Crippen LogP contribution in [0.15, 0.2) is 0 Å². The fourth-order valence-corrected chi connectivity index (χ4v) is 0.421. The van der Waals surface area contributed by atoms with Gasteiger partial charge in [0.1, 0.15) is 6.73 Å². The van der Waals surface area contributed by atoms with Crippen LogP contribution >= 0.6 is 0 Å². The summed E-state index contributed by atoms with van der Waals surface area (Å²) in [4.78, 5) is 13.3. The van der Waals surface area contributed by atoms with E-state index in [1.807, 2.05) is 7.05 Å². The number of hydrogen-bond acceptors (Lipinski definition) is 5. The summed E-state index contributed by atoms with van der Waals surface area (Å²) >= 11 is 0. The van der Waals surface area contributed by atoms with E-state index >= 15 is 0 Å². The van der Waals surface area contributed by atoms with Crippen molar-refractivity contribution in [3.05, 3.63) is 21.5 Å². The van der Waals surface area contributed by atoms with Crippen molar-refractivity contribution in [1.29, 1.82) is 0 Å². The predicted molar refractivity (Wildman–Crippen MR) is 61.2 cm³/mol. The Morgan fingerprint density at radius 3 is 1.53 bits per heavy atom. The Bertz CT molecular complexity index is 148. The topological polar surface area (TPSA) is 42.0 Å². The van der Waals surface area contributed by atoms with Crippen LogP contribution in [0.1, 0.15) is 6.92 Å². The van der Waals surface area contributed by atoms with Crippen molar-refractivity contribution in [2.75, 3.05) is 34.7 Å². The van der Waals surface area contributed by atoms with Crippen LogP contribution in [-0.4, -0.2) is 50.4 Å². The van der Waals surface area contributed by atoms with Gasteiger partial charge < -0.3 is 26.7 Å². The van der Waals surface area contributed by atoms with Gasteiger partial charge in [-0.2, -0.15) is 0 Å². The van der Waals surface area contributed by atoms with Crippen LogP contribution < -0.4 is 0 Å². The molecule has 0 heterocycles. The van der Waals surface area contributed by atoms with Crippen LogP contribution in [-0.2, 0) is 79.7 Å². The maximum absolute atomic E-state index is 10.1. The Balaban J connectivity index is -0.0000000493. The molecule has 0 fully saturated rings. The van der Waals surface area contributed by atoms with Crippen molar-refractivity contribution in [2.24, 2.45) is 0 Å². The smallest absolute Gasteiger partial charge is 0.303 e. The van der Waals surface area contributed by atoms with E-state index in [2.05, 4.69) is 23.6 Å². The summed E-state index contributed by atoms with van der Waals surface area (Å²) in [5, 5.41) is 0. The van der Waals surface area contributed by atoms with Crippen LogP contribution in [0, 0.1) is 21.5 Å². The average Bonchev–Trinajstić information content (AvgIpc) is 2.01. The molecule has 0 unspecified atom stereocenters. The van der Waals surface area contributed by atoms with E-state index in [9.17, 15) is 4.79 Å². The van der Waals surface area contributed by atoms with Gasteiger partial charge in [-0.05, 0) is 14.1 Å². The Hall–Kier alpha value is 1.56. The van der Waals surface area contributed by atoms with E-state index in [1.54, 1.807) is 19.1 Å². The van der Waals surface area contributed by atoms with Crippen LogP contribution in [0.5, 0.6) is 0 Å². The van der Waals surface area contributed by atoms with Gasteiger partial charge in [0.15, 0.2) is 0 Å². The molecule has 0 amide bonds. The molecule has 0 N–H and O–H groups in total. The zero-order chi connectivity index (χ0) is 11.6. The molecule has 100 valence electrons. The molecule has 0 aliphatic carbocycles. The molecular formula is C10H23N2O3Y2-3. The number of methoxy groups -OCH3 is 1. The van der Waals surface area contributed by atoms with Gasteiger partial charge in [-0.15, -0.1) is 0 Å². The quantitative estimate of drug-likeness (QED) is 0.402. The summed E-state index contributed by atoms with van der Waals surface area (Å²) < 4.78 is 9.19. The number of rotatable bonds is 4. The fraction of sp³-hybridized carbons (Fsp3) is 0.600. The normalized spacial score (nSPS) is 8.00. The summed E-state index contributed by atoms with van der Waals surface area (Å²) in [6, 6.07) is 0. The number of ether oxygens (including phenoxy) is 2. The first-order valence-corrected chi connectivity index (χ1v) is 4.05. The SMILES string of the molecule is [CH2-]N(C)COC.[CH2-]N(C)COC(C)=O.[CH3-].[Y].[Y]. The largest absolute Gasteiger partial charge is 0.452 e.